The van der Waals surface area contributed by atoms with Gasteiger partial charge in [0.25, 0.3) is 39.8 Å². The number of nitrogens with one attached hydrogen (secondary N) is 6. The van der Waals surface area contributed by atoms with Crippen molar-refractivity contribution in [3.05, 3.63) is 282 Å². The van der Waals surface area contributed by atoms with Crippen LogP contribution in [0.2, 0.25) is 0 Å². The van der Waals surface area contributed by atoms with Crippen molar-refractivity contribution < 1.29 is 60.1 Å². The van der Waals surface area contributed by atoms with Crippen molar-refractivity contribution in [2.24, 2.45) is 16.8 Å². The van der Waals surface area contributed by atoms with Crippen LogP contribution in [0.25, 0.3) is 32.7 Å². The predicted molar refractivity (Wildman–Crippen MR) is 434 cm³/mol. The van der Waals surface area contributed by atoms with E-state index in [1.54, 1.807) is 98.2 Å². The summed E-state index contributed by atoms with van der Waals surface area (Å²) in [6.45, 7) is 9.46. The number of nitro groups is 7. The summed E-state index contributed by atoms with van der Waals surface area (Å²) < 4.78 is 11.6. The van der Waals surface area contributed by atoms with Gasteiger partial charge in [0.1, 0.15) is 6.29 Å². The number of aldehydes is 1. The number of nitrogens with two attached hydrogens (primary N) is 5. The fraction of sp³-hybridized carbons (Fsp3) is 0.0968. The molecule has 584 valence electrons. The van der Waals surface area contributed by atoms with Crippen molar-refractivity contribution in [2.45, 2.75) is 41.0 Å². The van der Waals surface area contributed by atoms with Gasteiger partial charge < -0.3 is 52.7 Å². The SMILES string of the molecule is C/C=N/Nc1cccc([N+](=O)[O-])c1.CCC=O.Cc1c[nH]c2cc(N)ccc12.Cc1c[nH]c2cc([N+](=O)[O-])ccc12.Cc1c[nH]c2cccc([N+](=O)[O-])c12.Cl.Cl.NNc1cccc([N+](=O)[O-])c1.NNc1cccc([N+](=O)[O-])c1.Nc1cccc([N+](=O)[O-])c1.Nc1cccc([N+](=O)[O-])c1.O=[P+]([O-])OO.[Cl][Sn][Cl].[Cl][Sn][Cl].[HH]. The zero-order valence-electron chi connectivity index (χ0n) is 57.4. The van der Waals surface area contributed by atoms with E-state index in [4.69, 9.17) is 79.3 Å². The third kappa shape index (κ3) is 42.0. The Kier molecular flexibility index (Phi) is 55.3. The number of aromatic nitrogens is 3. The third-order valence-corrected chi connectivity index (χ3v) is 12.4. The van der Waals surface area contributed by atoms with Gasteiger partial charge in [-0.2, -0.15) is 5.10 Å². The fourth-order valence-corrected chi connectivity index (χ4v) is 7.67. The summed E-state index contributed by atoms with van der Waals surface area (Å²) in [5.41, 5.74) is 33.2. The van der Waals surface area contributed by atoms with E-state index in [9.17, 15) is 75.6 Å². The average Bonchev–Trinajstić information content (AvgIpc) is 1.67. The van der Waals surface area contributed by atoms with Crippen LogP contribution in [0.4, 0.5) is 73.9 Å². The molecule has 11 aromatic rings. The quantitative estimate of drug-likeness (QED) is 0.00587. The summed E-state index contributed by atoms with van der Waals surface area (Å²) in [6.07, 6.45) is 8.69. The van der Waals surface area contributed by atoms with E-state index in [0.717, 1.165) is 45.0 Å². The van der Waals surface area contributed by atoms with Crippen molar-refractivity contribution >= 4 is 226 Å². The molecule has 0 bridgehead atoms. The van der Waals surface area contributed by atoms with Crippen LogP contribution in [0.5, 0.6) is 0 Å². The standard InChI is InChI=1S/2C9H8N2O2.C9H10N2.C8H9N3O2.2C6H7N3O2.2C6H6N2O2.C3H6O.6ClH.HO4P.2Sn.H2/c1-6-5-10-9-4-7(11(12)13)2-3-8(6)9;1-6-5-10-7-3-2-4-8(9(6)7)11(12)13;1-6-5-11-9-4-7(10)2-3-8(6)9;1-2-9-10-7-4-3-5-8(6-7)11(12)13;2*7-8-5-2-1-3-6(4-5)9(10)11;2*7-5-2-1-3-6(4-5)8(9)10;1-2-3-4;;;;;;;1-4-5(2)3;;;/h2*2-5,10H,1H3;2-5,11H,10H2,1H3;2-6,10H,1H3;2*1-4,8H,7H2;2*1-4H,7H2;3H,2H2,1H3;6*1H;1H;;;1H/q;;;;;;;;;;;;;;;;2*+2;/p-4/b;;;9-2+;;;;;;;;;;;;;;;. The number of halogens is 6. The molecule has 0 aliphatic rings. The first-order chi connectivity index (χ1) is 50.8. The van der Waals surface area contributed by atoms with Gasteiger partial charge in [0.15, 0.2) is 0 Å². The number of rotatable bonds is 13. The minimum absolute atomic E-state index is 0. The molecule has 109 heavy (non-hydrogen) atoms. The maximum absolute atomic E-state index is 10.7. The number of H-pyrrole nitrogens is 3. The molecule has 1 unspecified atom stereocenters. The molecule has 4 radical (unpaired) electrons. The van der Waals surface area contributed by atoms with Crippen molar-refractivity contribution in [3.8, 4) is 0 Å². The first-order valence-corrected chi connectivity index (χ1v) is 44.8. The minimum atomic E-state index is -3.04. The van der Waals surface area contributed by atoms with Gasteiger partial charge in [-0.15, -0.1) is 24.8 Å². The summed E-state index contributed by atoms with van der Waals surface area (Å²) >= 11 is -1.65. The zero-order chi connectivity index (χ0) is 81.1. The van der Waals surface area contributed by atoms with Crippen LogP contribution in [-0.4, -0.2) is 105 Å². The predicted octanol–water partition coefficient (Wildman–Crippen LogP) is 16.1. The van der Waals surface area contributed by atoms with Crippen LogP contribution in [0, 0.1) is 91.6 Å². The Labute approximate surface area is 668 Å². The average molecular weight is 1870 g/mol. The normalized spacial score (nSPS) is 9.42. The van der Waals surface area contributed by atoms with Crippen LogP contribution in [0.15, 0.2) is 200 Å². The Morgan fingerprint density at radius 2 is 0.807 bits per heavy atom. The number of anilines is 6. The van der Waals surface area contributed by atoms with E-state index in [1.165, 1.54) is 83.7 Å². The first kappa shape index (κ1) is 103. The number of fused-ring (bicyclic) bond motifs is 3. The second-order valence-electron chi connectivity index (χ2n) is 19.6. The zero-order valence-corrected chi connectivity index (χ0v) is 68.6. The number of aryl methyl sites for hydroxylation is 3. The van der Waals surface area contributed by atoms with Crippen LogP contribution in [0.1, 0.15) is 38.4 Å². The third-order valence-electron chi connectivity index (χ3n) is 12.3. The Morgan fingerprint density at radius 3 is 1.15 bits per heavy atom. The molecule has 0 saturated carbocycles. The Morgan fingerprint density at radius 1 is 0.495 bits per heavy atom. The molecule has 3 aromatic heterocycles. The molecule has 0 fully saturated rings. The van der Waals surface area contributed by atoms with Crippen molar-refractivity contribution in [1.82, 2.24) is 15.0 Å². The molecule has 11 rings (SSSR count). The van der Waals surface area contributed by atoms with Crippen LogP contribution in [0.3, 0.4) is 0 Å². The molecule has 3 heterocycles. The number of hydrogen-bond acceptors (Lipinski definition) is 28. The Balaban J connectivity index is -0.000000567. The molecule has 0 spiro atoms. The number of carbonyl (C=O) groups is 1. The molecule has 47 heteroatoms. The molecule has 17 N–H and O–H groups in total. The Bertz CT molecular complexity index is 4590. The first-order valence-electron chi connectivity index (χ1n) is 29.3. The van der Waals surface area contributed by atoms with Gasteiger partial charge in [0, 0.05) is 150 Å². The molecule has 0 amide bonds. The minimum Gasteiger partial charge on any atom is 0 e. The number of nitrogens with zero attached hydrogens (tertiary/aromatic N) is 8. The van der Waals surface area contributed by atoms with Crippen LogP contribution >= 0.6 is 68.8 Å². The molecule has 0 saturated heterocycles. The maximum Gasteiger partial charge on any atom is 0 e. The van der Waals surface area contributed by atoms with Gasteiger partial charge in [-0.25, -0.2) is 5.26 Å². The number of carbonyl (C=O) groups excluding carboxylic acids is 1. The molecule has 1 atom stereocenters. The van der Waals surface area contributed by atoms with E-state index in [0.29, 0.717) is 40.2 Å². The summed E-state index contributed by atoms with van der Waals surface area (Å²) in [5, 5.41) is 85.9. The summed E-state index contributed by atoms with van der Waals surface area (Å²) in [7, 11) is 16.7. The summed E-state index contributed by atoms with van der Waals surface area (Å²) in [6, 6.07) is 45.6. The second kappa shape index (κ2) is 58.6. The van der Waals surface area contributed by atoms with Gasteiger partial charge in [-0.3, -0.25) is 87.9 Å². The number of hydrogen-bond donors (Lipinski definition) is 12. The Hall–Kier alpha value is -10.4. The van der Waals surface area contributed by atoms with Gasteiger partial charge >= 0.3 is 81.7 Å². The fourth-order valence-electron chi connectivity index (χ4n) is 7.67. The second-order valence-corrected chi connectivity index (χ2v) is 28.7. The van der Waals surface area contributed by atoms with Crippen molar-refractivity contribution in [3.63, 3.8) is 0 Å². The molecule has 0 aliphatic heterocycles. The van der Waals surface area contributed by atoms with Gasteiger partial charge in [0.2, 0.25) is 0 Å². The van der Waals surface area contributed by atoms with Crippen LogP contribution in [-0.2, 0) is 14.0 Å². The van der Waals surface area contributed by atoms with Crippen molar-refractivity contribution in [2.75, 3.05) is 33.5 Å². The summed E-state index contributed by atoms with van der Waals surface area (Å²) in [4.78, 5) is 96.2. The number of nitro benzene ring substituents is 7. The number of benzene rings is 8. The van der Waals surface area contributed by atoms with Crippen molar-refractivity contribution in [1.29, 1.82) is 0 Å². The topological polar surface area (TPSA) is 615 Å². The van der Waals surface area contributed by atoms with E-state index in [-0.39, 0.29) is 71.0 Å². The monoisotopic (exact) mass is 1870 g/mol. The number of nitrogen functional groups attached to an aromatic ring is 5. The number of aromatic amines is 3. The van der Waals surface area contributed by atoms with E-state index in [1.807, 2.05) is 57.4 Å². The number of hydrazone groups is 1. The largest absolute Gasteiger partial charge is 0 e. The van der Waals surface area contributed by atoms with E-state index >= 15 is 0 Å². The molecule has 8 aromatic carbocycles. The smallest absolute Gasteiger partial charge is 0 e. The number of hydrazine groups is 2. The van der Waals surface area contributed by atoms with Gasteiger partial charge in [-0.1, -0.05) is 49.4 Å². The molecule has 38 nitrogen and oxygen atoms in total. The molecular formula is C62H72Cl6N19O19PSn2. The molecule has 0 aliphatic carbocycles. The number of non-ortho nitro benzene ring substituents is 7. The van der Waals surface area contributed by atoms with Gasteiger partial charge in [0.05, 0.1) is 67.9 Å². The molecular weight excluding hydrogens is 1800 g/mol. The van der Waals surface area contributed by atoms with Crippen LogP contribution < -0.4 is 50.1 Å². The maximum atomic E-state index is 10.7. The van der Waals surface area contributed by atoms with E-state index in [2.05, 4.69) is 47.9 Å². The van der Waals surface area contributed by atoms with Gasteiger partial charge in [-0.05, 0) is 104 Å². The summed E-state index contributed by atoms with van der Waals surface area (Å²) in [5.74, 6) is 10.1. The van der Waals surface area contributed by atoms with E-state index < -0.39 is 75.6 Å².